The molecule has 5 heteroatoms. The average Bonchev–Trinajstić information content (AvgIpc) is 2.57. The summed E-state index contributed by atoms with van der Waals surface area (Å²) < 4.78 is 5.61. The number of hydrogen-bond acceptors (Lipinski definition) is 3. The Morgan fingerprint density at radius 2 is 1.88 bits per heavy atom. The molecule has 4 nitrogen and oxygen atoms in total. The van der Waals surface area contributed by atoms with Crippen LogP contribution in [-0.2, 0) is 4.79 Å². The van der Waals surface area contributed by atoms with Gasteiger partial charge in [0.25, 0.3) is 5.91 Å². The van der Waals surface area contributed by atoms with Crippen molar-refractivity contribution >= 4 is 28.9 Å². The summed E-state index contributed by atoms with van der Waals surface area (Å²) in [4.78, 5) is 14.0. The summed E-state index contributed by atoms with van der Waals surface area (Å²) in [6.07, 6.45) is 0. The highest BCUT2D eigenvalue weighted by Crippen LogP contribution is 2.19. The van der Waals surface area contributed by atoms with E-state index in [4.69, 9.17) is 17.0 Å². The minimum absolute atomic E-state index is 0.0726. The lowest BCUT2D eigenvalue weighted by Gasteiger charge is -2.23. The van der Waals surface area contributed by atoms with Gasteiger partial charge in [-0.1, -0.05) is 30.3 Å². The maximum absolute atomic E-state index is 12.1. The molecule has 0 heterocycles. The van der Waals surface area contributed by atoms with E-state index in [1.54, 1.807) is 0 Å². The normalized spacial score (nSPS) is 10.1. The van der Waals surface area contributed by atoms with E-state index in [-0.39, 0.29) is 12.5 Å². The van der Waals surface area contributed by atoms with Crippen molar-refractivity contribution < 1.29 is 9.53 Å². The molecular weight excluding hydrogens is 320 g/mol. The molecule has 0 fully saturated rings. The fourth-order valence-electron chi connectivity index (χ4n) is 2.28. The van der Waals surface area contributed by atoms with Gasteiger partial charge in [-0.2, -0.15) is 0 Å². The quantitative estimate of drug-likeness (QED) is 0.843. The fourth-order valence-corrected chi connectivity index (χ4v) is 2.63. The molecule has 2 rings (SSSR count). The molecule has 2 aromatic rings. The predicted molar refractivity (Wildman–Crippen MR) is 102 cm³/mol. The zero-order valence-electron chi connectivity index (χ0n) is 14.2. The molecule has 0 saturated heterocycles. The summed E-state index contributed by atoms with van der Waals surface area (Å²) >= 11 is 5.35. The average molecular weight is 342 g/mol. The summed E-state index contributed by atoms with van der Waals surface area (Å²) in [6, 6.07) is 15.6. The third kappa shape index (κ3) is 4.80. The lowest BCUT2D eigenvalue weighted by atomic mass is 10.1. The van der Waals surface area contributed by atoms with Crippen LogP contribution in [0.25, 0.3) is 0 Å². The second kappa shape index (κ2) is 8.45. The van der Waals surface area contributed by atoms with Gasteiger partial charge in [0.05, 0.1) is 0 Å². The Morgan fingerprint density at radius 1 is 1.17 bits per heavy atom. The number of thiocarbonyl (C=S) groups is 1. The Labute approximate surface area is 148 Å². The van der Waals surface area contributed by atoms with Gasteiger partial charge >= 0.3 is 0 Å². The first-order chi connectivity index (χ1) is 11.5. The molecule has 0 aromatic heterocycles. The Bertz CT molecular complexity index is 717. The second-order valence-electron chi connectivity index (χ2n) is 5.49. The Balaban J connectivity index is 1.94. The van der Waals surface area contributed by atoms with Gasteiger partial charge < -0.3 is 9.64 Å². The number of benzene rings is 2. The van der Waals surface area contributed by atoms with E-state index in [0.717, 1.165) is 16.8 Å². The monoisotopic (exact) mass is 342 g/mol. The number of carbonyl (C=O) groups is 1. The zero-order chi connectivity index (χ0) is 17.5. The SMILES string of the molecule is CCN(C(=S)NC(=O)COc1cc(C)ccc1C)c1ccccc1. The van der Waals surface area contributed by atoms with Crippen LogP contribution in [0.5, 0.6) is 5.75 Å². The summed E-state index contributed by atoms with van der Waals surface area (Å²) in [5, 5.41) is 3.10. The van der Waals surface area contributed by atoms with Crippen molar-refractivity contribution in [2.24, 2.45) is 0 Å². The number of carbonyl (C=O) groups excluding carboxylic acids is 1. The highest BCUT2D eigenvalue weighted by atomic mass is 32.1. The molecule has 0 bridgehead atoms. The van der Waals surface area contributed by atoms with E-state index in [1.807, 2.05) is 74.2 Å². The second-order valence-corrected chi connectivity index (χ2v) is 5.88. The molecule has 0 spiro atoms. The Morgan fingerprint density at radius 3 is 2.54 bits per heavy atom. The summed E-state index contributed by atoms with van der Waals surface area (Å²) in [6.45, 7) is 6.52. The molecule has 0 unspecified atom stereocenters. The Kier molecular flexibility index (Phi) is 6.32. The van der Waals surface area contributed by atoms with Gasteiger partial charge in [-0.3, -0.25) is 10.1 Å². The van der Waals surface area contributed by atoms with Crippen LogP contribution in [0.4, 0.5) is 5.69 Å². The summed E-state index contributed by atoms with van der Waals surface area (Å²) in [5.41, 5.74) is 3.03. The third-order valence-electron chi connectivity index (χ3n) is 3.58. The number of nitrogens with one attached hydrogen (secondary N) is 1. The molecule has 0 aliphatic rings. The van der Waals surface area contributed by atoms with E-state index >= 15 is 0 Å². The van der Waals surface area contributed by atoms with Crippen molar-refractivity contribution in [1.82, 2.24) is 5.32 Å². The van der Waals surface area contributed by atoms with Crippen LogP contribution in [0.2, 0.25) is 0 Å². The first-order valence-electron chi connectivity index (χ1n) is 7.87. The molecule has 1 N–H and O–H groups in total. The van der Waals surface area contributed by atoms with E-state index in [0.29, 0.717) is 17.4 Å². The van der Waals surface area contributed by atoms with Crippen LogP contribution in [0.1, 0.15) is 18.1 Å². The van der Waals surface area contributed by atoms with Crippen LogP contribution in [-0.4, -0.2) is 24.2 Å². The predicted octanol–water partition coefficient (Wildman–Crippen LogP) is 3.61. The van der Waals surface area contributed by atoms with Crippen LogP contribution in [0.3, 0.4) is 0 Å². The third-order valence-corrected chi connectivity index (χ3v) is 3.90. The number of rotatable bonds is 5. The first kappa shape index (κ1) is 17.9. The molecule has 0 atom stereocenters. The molecule has 1 amide bonds. The molecular formula is C19H22N2O2S. The topological polar surface area (TPSA) is 41.6 Å². The highest BCUT2D eigenvalue weighted by molar-refractivity contribution is 7.80. The minimum atomic E-state index is -0.268. The highest BCUT2D eigenvalue weighted by Gasteiger charge is 2.13. The molecule has 2 aromatic carbocycles. The van der Waals surface area contributed by atoms with Crippen molar-refractivity contribution in [2.45, 2.75) is 20.8 Å². The van der Waals surface area contributed by atoms with Gasteiger partial charge in [0.2, 0.25) is 0 Å². The molecule has 0 aliphatic heterocycles. The molecule has 0 saturated carbocycles. The van der Waals surface area contributed by atoms with E-state index in [1.165, 1.54) is 0 Å². The van der Waals surface area contributed by atoms with Crippen molar-refractivity contribution in [3.05, 3.63) is 59.7 Å². The van der Waals surface area contributed by atoms with Gasteiger partial charge in [0.1, 0.15) is 5.75 Å². The van der Waals surface area contributed by atoms with Crippen LogP contribution < -0.4 is 15.0 Å². The van der Waals surface area contributed by atoms with Crippen molar-refractivity contribution in [3.8, 4) is 5.75 Å². The molecule has 0 aliphatic carbocycles. The van der Waals surface area contributed by atoms with Gasteiger partial charge in [0, 0.05) is 12.2 Å². The number of para-hydroxylation sites is 1. The standard InChI is InChI=1S/C19H22N2O2S/c1-4-21(16-8-6-5-7-9-16)19(24)20-18(22)13-23-17-12-14(2)10-11-15(17)3/h5-12H,4,13H2,1-3H3,(H,20,22,24). The molecule has 24 heavy (non-hydrogen) atoms. The number of amides is 1. The smallest absolute Gasteiger partial charge is 0.264 e. The van der Waals surface area contributed by atoms with Crippen LogP contribution >= 0.6 is 12.2 Å². The van der Waals surface area contributed by atoms with Gasteiger partial charge in [0.15, 0.2) is 11.7 Å². The van der Waals surface area contributed by atoms with Gasteiger partial charge in [-0.05, 0) is 62.3 Å². The van der Waals surface area contributed by atoms with E-state index in [9.17, 15) is 4.79 Å². The van der Waals surface area contributed by atoms with Gasteiger partial charge in [-0.15, -0.1) is 0 Å². The molecule has 0 radical (unpaired) electrons. The summed E-state index contributed by atoms with van der Waals surface area (Å²) in [7, 11) is 0. The maximum Gasteiger partial charge on any atom is 0.264 e. The Hall–Kier alpha value is -2.40. The number of hydrogen-bond donors (Lipinski definition) is 1. The maximum atomic E-state index is 12.1. The summed E-state index contributed by atoms with van der Waals surface area (Å²) in [5.74, 6) is 0.446. The zero-order valence-corrected chi connectivity index (χ0v) is 15.0. The fraction of sp³-hybridized carbons (Fsp3) is 0.263. The minimum Gasteiger partial charge on any atom is -0.483 e. The lowest BCUT2D eigenvalue weighted by molar-refractivity contribution is -0.121. The van der Waals surface area contributed by atoms with Crippen molar-refractivity contribution in [1.29, 1.82) is 0 Å². The van der Waals surface area contributed by atoms with Gasteiger partial charge in [-0.25, -0.2) is 0 Å². The number of anilines is 1. The van der Waals surface area contributed by atoms with Crippen molar-refractivity contribution in [2.75, 3.05) is 18.1 Å². The lowest BCUT2D eigenvalue weighted by Crippen LogP contribution is -2.44. The van der Waals surface area contributed by atoms with E-state index < -0.39 is 0 Å². The van der Waals surface area contributed by atoms with Crippen LogP contribution in [0, 0.1) is 13.8 Å². The first-order valence-corrected chi connectivity index (χ1v) is 8.28. The largest absolute Gasteiger partial charge is 0.483 e. The number of aryl methyl sites for hydroxylation is 2. The van der Waals surface area contributed by atoms with Crippen LogP contribution in [0.15, 0.2) is 48.5 Å². The number of ether oxygens (including phenoxy) is 1. The number of nitrogens with zero attached hydrogens (tertiary/aromatic N) is 1. The van der Waals surface area contributed by atoms with E-state index in [2.05, 4.69) is 5.32 Å². The van der Waals surface area contributed by atoms with Crippen molar-refractivity contribution in [3.63, 3.8) is 0 Å². The molecule has 126 valence electrons.